The number of carbonyl (C=O) groups is 1. The molecular formula is C11H19N3O2S. The molecular weight excluding hydrogens is 238 g/mol. The average Bonchev–Trinajstić information content (AvgIpc) is 2.70. The van der Waals surface area contributed by atoms with Crippen molar-refractivity contribution in [3.8, 4) is 0 Å². The zero-order valence-corrected chi connectivity index (χ0v) is 11.5. The monoisotopic (exact) mass is 257 g/mol. The number of amidine groups is 1. The molecule has 5 nitrogen and oxygen atoms in total. The van der Waals surface area contributed by atoms with Gasteiger partial charge in [0.05, 0.1) is 12.1 Å². The molecule has 2 rings (SSSR count). The van der Waals surface area contributed by atoms with Crippen molar-refractivity contribution in [3.63, 3.8) is 0 Å². The van der Waals surface area contributed by atoms with Gasteiger partial charge in [-0.25, -0.2) is 4.79 Å². The van der Waals surface area contributed by atoms with Crippen LogP contribution in [0.1, 0.15) is 20.8 Å². The van der Waals surface area contributed by atoms with Crippen molar-refractivity contribution in [2.45, 2.75) is 38.5 Å². The third-order valence-electron chi connectivity index (χ3n) is 2.73. The molecule has 0 aliphatic carbocycles. The lowest BCUT2D eigenvalue weighted by Crippen LogP contribution is -2.38. The molecule has 1 N–H and O–H groups in total. The molecule has 96 valence electrons. The van der Waals surface area contributed by atoms with Gasteiger partial charge in [0, 0.05) is 13.1 Å². The molecule has 0 spiro atoms. The predicted molar refractivity (Wildman–Crippen MR) is 69.5 cm³/mol. The SMILES string of the molecule is CSC1=NC2CN(C(=O)OC(C)(C)C)CC2N1. The van der Waals surface area contributed by atoms with Gasteiger partial charge >= 0.3 is 6.09 Å². The Morgan fingerprint density at radius 2 is 2.24 bits per heavy atom. The van der Waals surface area contributed by atoms with E-state index in [2.05, 4.69) is 10.3 Å². The highest BCUT2D eigenvalue weighted by Gasteiger charge is 2.40. The number of fused-ring (bicyclic) bond motifs is 1. The van der Waals surface area contributed by atoms with E-state index in [1.165, 1.54) is 0 Å². The van der Waals surface area contributed by atoms with Crippen molar-refractivity contribution in [2.75, 3.05) is 19.3 Å². The lowest BCUT2D eigenvalue weighted by Gasteiger charge is -2.24. The highest BCUT2D eigenvalue weighted by atomic mass is 32.2. The maximum absolute atomic E-state index is 11.9. The van der Waals surface area contributed by atoms with Crippen LogP contribution in [-0.2, 0) is 4.74 Å². The van der Waals surface area contributed by atoms with E-state index in [9.17, 15) is 4.79 Å². The summed E-state index contributed by atoms with van der Waals surface area (Å²) in [6.45, 7) is 6.96. The Kier molecular flexibility index (Phi) is 3.25. The van der Waals surface area contributed by atoms with Gasteiger partial charge in [-0.05, 0) is 27.0 Å². The molecule has 6 heteroatoms. The number of amides is 1. The van der Waals surface area contributed by atoms with Gasteiger partial charge in [-0.3, -0.25) is 4.99 Å². The Morgan fingerprint density at radius 3 is 2.76 bits per heavy atom. The number of thioether (sulfide) groups is 1. The molecule has 2 heterocycles. The first-order valence-electron chi connectivity index (χ1n) is 5.75. The fraction of sp³-hybridized carbons (Fsp3) is 0.818. The van der Waals surface area contributed by atoms with Crippen LogP contribution in [0.3, 0.4) is 0 Å². The maximum atomic E-state index is 11.9. The molecule has 0 radical (unpaired) electrons. The number of carbonyl (C=O) groups excluding carboxylic acids is 1. The summed E-state index contributed by atoms with van der Waals surface area (Å²) in [4.78, 5) is 18.1. The van der Waals surface area contributed by atoms with Crippen molar-refractivity contribution in [3.05, 3.63) is 0 Å². The summed E-state index contributed by atoms with van der Waals surface area (Å²) in [5.41, 5.74) is -0.435. The smallest absolute Gasteiger partial charge is 0.410 e. The Morgan fingerprint density at radius 1 is 1.53 bits per heavy atom. The summed E-state index contributed by atoms with van der Waals surface area (Å²) < 4.78 is 5.35. The number of rotatable bonds is 0. The summed E-state index contributed by atoms with van der Waals surface area (Å²) in [5.74, 6) is 0. The molecule has 0 bridgehead atoms. The second-order valence-electron chi connectivity index (χ2n) is 5.34. The number of ether oxygens (including phenoxy) is 1. The van der Waals surface area contributed by atoms with Crippen molar-refractivity contribution in [1.82, 2.24) is 10.2 Å². The van der Waals surface area contributed by atoms with Gasteiger partial charge in [0.15, 0.2) is 5.17 Å². The van der Waals surface area contributed by atoms with E-state index in [4.69, 9.17) is 4.74 Å². The highest BCUT2D eigenvalue weighted by molar-refractivity contribution is 8.13. The van der Waals surface area contributed by atoms with Crippen LogP contribution in [0.2, 0.25) is 0 Å². The Bertz CT molecular complexity index is 351. The summed E-state index contributed by atoms with van der Waals surface area (Å²) in [6.07, 6.45) is 1.76. The molecule has 0 aromatic heterocycles. The van der Waals surface area contributed by atoms with Crippen LogP contribution in [0.4, 0.5) is 4.79 Å². The minimum atomic E-state index is -0.435. The van der Waals surface area contributed by atoms with E-state index in [1.54, 1.807) is 16.7 Å². The standard InChI is InChI=1S/C11H19N3O2S/c1-11(2,3)16-10(15)14-5-7-8(6-14)13-9(12-7)17-4/h7-8H,5-6H2,1-4H3,(H,12,13). The van der Waals surface area contributed by atoms with Crippen molar-refractivity contribution in [1.29, 1.82) is 0 Å². The molecule has 2 aliphatic heterocycles. The second-order valence-corrected chi connectivity index (χ2v) is 6.14. The third-order valence-corrected chi connectivity index (χ3v) is 3.34. The molecule has 0 saturated carbocycles. The molecule has 1 saturated heterocycles. The summed E-state index contributed by atoms with van der Waals surface area (Å²) in [5, 5.41) is 4.29. The van der Waals surface area contributed by atoms with Gasteiger partial charge in [0.25, 0.3) is 0 Å². The lowest BCUT2D eigenvalue weighted by molar-refractivity contribution is 0.0289. The Hall–Kier alpha value is -0.910. The molecule has 2 aliphatic rings. The fourth-order valence-corrected chi connectivity index (χ4v) is 2.50. The van der Waals surface area contributed by atoms with Crippen molar-refractivity contribution in [2.24, 2.45) is 4.99 Å². The number of hydrogen-bond acceptors (Lipinski definition) is 5. The largest absolute Gasteiger partial charge is 0.444 e. The van der Waals surface area contributed by atoms with Gasteiger partial charge in [-0.1, -0.05) is 11.8 Å². The second kappa shape index (κ2) is 4.40. The quantitative estimate of drug-likeness (QED) is 0.710. The van der Waals surface area contributed by atoms with Crippen LogP contribution in [0.5, 0.6) is 0 Å². The number of likely N-dealkylation sites (tertiary alicyclic amines) is 1. The van der Waals surface area contributed by atoms with Crippen LogP contribution >= 0.6 is 11.8 Å². The Labute approximate surface area is 106 Å². The number of nitrogens with one attached hydrogen (secondary N) is 1. The number of aliphatic imine (C=N–C) groups is 1. The van der Waals surface area contributed by atoms with Crippen LogP contribution in [0, 0.1) is 0 Å². The van der Waals surface area contributed by atoms with Crippen LogP contribution in [0.15, 0.2) is 4.99 Å². The van der Waals surface area contributed by atoms with E-state index < -0.39 is 5.60 Å². The summed E-state index contributed by atoms with van der Waals surface area (Å²) >= 11 is 1.61. The van der Waals surface area contributed by atoms with Gasteiger partial charge in [0.1, 0.15) is 5.60 Å². The molecule has 1 fully saturated rings. The zero-order valence-electron chi connectivity index (χ0n) is 10.7. The van der Waals surface area contributed by atoms with E-state index in [0.717, 1.165) is 5.17 Å². The first-order chi connectivity index (χ1) is 7.89. The van der Waals surface area contributed by atoms with Crippen LogP contribution in [-0.4, -0.2) is 53.2 Å². The third kappa shape index (κ3) is 2.86. The molecule has 1 amide bonds. The number of nitrogens with zero attached hydrogens (tertiary/aromatic N) is 2. The van der Waals surface area contributed by atoms with Gasteiger partial charge in [0.2, 0.25) is 0 Å². The number of hydrogen-bond donors (Lipinski definition) is 1. The molecule has 17 heavy (non-hydrogen) atoms. The van der Waals surface area contributed by atoms with E-state index in [1.807, 2.05) is 27.0 Å². The maximum Gasteiger partial charge on any atom is 0.410 e. The van der Waals surface area contributed by atoms with Gasteiger partial charge in [-0.15, -0.1) is 0 Å². The minimum absolute atomic E-state index is 0.185. The van der Waals surface area contributed by atoms with Crippen LogP contribution in [0.25, 0.3) is 0 Å². The molecule has 0 aromatic rings. The summed E-state index contributed by atoms with van der Waals surface area (Å²) in [6, 6.07) is 0.440. The van der Waals surface area contributed by atoms with Gasteiger partial charge in [-0.2, -0.15) is 0 Å². The van der Waals surface area contributed by atoms with E-state index in [0.29, 0.717) is 13.1 Å². The molecule has 2 atom stereocenters. The Balaban J connectivity index is 1.92. The lowest BCUT2D eigenvalue weighted by atomic mass is 10.2. The minimum Gasteiger partial charge on any atom is -0.444 e. The average molecular weight is 257 g/mol. The van der Waals surface area contributed by atoms with Crippen LogP contribution < -0.4 is 5.32 Å². The molecule has 2 unspecified atom stereocenters. The van der Waals surface area contributed by atoms with Crippen molar-refractivity contribution >= 4 is 23.0 Å². The normalized spacial score (nSPS) is 27.5. The van der Waals surface area contributed by atoms with E-state index >= 15 is 0 Å². The first kappa shape index (κ1) is 12.5. The zero-order chi connectivity index (χ0) is 12.6. The fourth-order valence-electron chi connectivity index (χ4n) is 1.99. The summed E-state index contributed by atoms with van der Waals surface area (Å²) in [7, 11) is 0. The topological polar surface area (TPSA) is 53.9 Å². The highest BCUT2D eigenvalue weighted by Crippen LogP contribution is 2.22. The first-order valence-corrected chi connectivity index (χ1v) is 6.98. The predicted octanol–water partition coefficient (Wildman–Crippen LogP) is 1.30. The van der Waals surface area contributed by atoms with Gasteiger partial charge < -0.3 is 15.0 Å². The molecule has 0 aromatic carbocycles. The van der Waals surface area contributed by atoms with Crippen molar-refractivity contribution < 1.29 is 9.53 Å². The van der Waals surface area contributed by atoms with E-state index in [-0.39, 0.29) is 18.2 Å².